The topological polar surface area (TPSA) is 141 Å². The Morgan fingerprint density at radius 2 is 1.71 bits per heavy atom. The normalized spacial score (nSPS) is 12.9. The number of hydrogen-bond donors (Lipinski definition) is 4. The standard InChI is InChI=1S/C19H19N5O4/c25-16(19(27)28)11-15(20-18(26)17-21-23-24-22-17)10-12-6-8-14(9-7-12)13-4-2-1-3-5-13/h1-9,15-16,25H,10-11H2,(H,20,26)(H,27,28)(H,21,22,23,24). The second kappa shape index (κ2) is 8.87. The van der Waals surface area contributed by atoms with Crippen LogP contribution in [0, 0.1) is 0 Å². The molecule has 0 saturated carbocycles. The molecule has 1 aromatic heterocycles. The molecule has 4 N–H and O–H groups in total. The molecule has 0 aliphatic rings. The minimum absolute atomic E-state index is 0.153. The number of H-pyrrole nitrogens is 1. The molecule has 2 unspecified atom stereocenters. The zero-order valence-corrected chi connectivity index (χ0v) is 14.8. The Bertz CT molecular complexity index is 913. The van der Waals surface area contributed by atoms with Gasteiger partial charge in [-0.1, -0.05) is 54.6 Å². The number of aliphatic hydroxyl groups excluding tert-OH is 1. The molecule has 2 aromatic carbocycles. The number of aromatic nitrogens is 4. The van der Waals surface area contributed by atoms with E-state index >= 15 is 0 Å². The van der Waals surface area contributed by atoms with Crippen LogP contribution in [-0.2, 0) is 11.2 Å². The molecule has 0 aliphatic heterocycles. The van der Waals surface area contributed by atoms with E-state index in [9.17, 15) is 14.7 Å². The van der Waals surface area contributed by atoms with Gasteiger partial charge in [0.15, 0.2) is 6.10 Å². The predicted molar refractivity (Wildman–Crippen MR) is 99.3 cm³/mol. The van der Waals surface area contributed by atoms with Crippen LogP contribution >= 0.6 is 0 Å². The summed E-state index contributed by atoms with van der Waals surface area (Å²) in [5.41, 5.74) is 3.01. The first-order chi connectivity index (χ1) is 13.5. The van der Waals surface area contributed by atoms with Gasteiger partial charge in [-0.3, -0.25) is 4.79 Å². The summed E-state index contributed by atoms with van der Waals surface area (Å²) in [5, 5.41) is 34.0. The number of aliphatic hydroxyl groups is 1. The van der Waals surface area contributed by atoms with E-state index in [0.717, 1.165) is 16.7 Å². The van der Waals surface area contributed by atoms with E-state index in [4.69, 9.17) is 5.11 Å². The lowest BCUT2D eigenvalue weighted by molar-refractivity contribution is -0.147. The fraction of sp³-hybridized carbons (Fsp3) is 0.211. The van der Waals surface area contributed by atoms with Crippen molar-refractivity contribution in [3.05, 3.63) is 66.0 Å². The molecule has 3 rings (SSSR count). The van der Waals surface area contributed by atoms with E-state index in [1.807, 2.05) is 54.6 Å². The number of carbonyl (C=O) groups is 2. The van der Waals surface area contributed by atoms with E-state index in [1.165, 1.54) is 0 Å². The van der Waals surface area contributed by atoms with Crippen molar-refractivity contribution in [2.75, 3.05) is 0 Å². The first-order valence-corrected chi connectivity index (χ1v) is 8.62. The van der Waals surface area contributed by atoms with Crippen LogP contribution < -0.4 is 5.32 Å². The maximum Gasteiger partial charge on any atom is 0.332 e. The number of carboxylic acid groups (broad SMARTS) is 1. The SMILES string of the molecule is O=C(NC(Cc1ccc(-c2ccccc2)cc1)CC(O)C(=O)O)c1nn[nH]n1. The highest BCUT2D eigenvalue weighted by molar-refractivity contribution is 5.90. The highest BCUT2D eigenvalue weighted by Gasteiger charge is 2.23. The number of aromatic amines is 1. The van der Waals surface area contributed by atoms with Crippen molar-refractivity contribution in [2.45, 2.75) is 25.0 Å². The first-order valence-electron chi connectivity index (χ1n) is 8.62. The van der Waals surface area contributed by atoms with Gasteiger partial charge in [-0.2, -0.15) is 5.21 Å². The maximum absolute atomic E-state index is 12.2. The molecule has 0 bridgehead atoms. The molecule has 0 spiro atoms. The average Bonchev–Trinajstić information content (AvgIpc) is 3.24. The number of carboxylic acids is 1. The molecule has 9 heteroatoms. The third-order valence-electron chi connectivity index (χ3n) is 4.22. The van der Waals surface area contributed by atoms with E-state index in [2.05, 4.69) is 25.9 Å². The summed E-state index contributed by atoms with van der Waals surface area (Å²) >= 11 is 0. The Morgan fingerprint density at radius 1 is 1.04 bits per heavy atom. The molecule has 2 atom stereocenters. The molecule has 0 radical (unpaired) electrons. The van der Waals surface area contributed by atoms with Gasteiger partial charge in [0.1, 0.15) is 0 Å². The quantitative estimate of drug-likeness (QED) is 0.457. The zero-order valence-electron chi connectivity index (χ0n) is 14.8. The predicted octanol–water partition coefficient (Wildman–Crippen LogP) is 1.04. The Kier molecular flexibility index (Phi) is 6.07. The summed E-state index contributed by atoms with van der Waals surface area (Å²) in [4.78, 5) is 23.2. The van der Waals surface area contributed by atoms with Crippen LogP contribution in [0.1, 0.15) is 22.6 Å². The van der Waals surface area contributed by atoms with Crippen LogP contribution in [0.4, 0.5) is 0 Å². The Labute approximate surface area is 160 Å². The number of nitrogens with one attached hydrogen (secondary N) is 2. The van der Waals surface area contributed by atoms with Gasteiger partial charge >= 0.3 is 5.97 Å². The number of nitrogens with zero attached hydrogens (tertiary/aromatic N) is 3. The minimum Gasteiger partial charge on any atom is -0.479 e. The van der Waals surface area contributed by atoms with Gasteiger partial charge in [-0.15, -0.1) is 10.2 Å². The largest absolute Gasteiger partial charge is 0.479 e. The number of aliphatic carboxylic acids is 1. The van der Waals surface area contributed by atoms with Crippen LogP contribution in [-0.4, -0.2) is 54.9 Å². The van der Waals surface area contributed by atoms with Gasteiger partial charge in [-0.05, 0) is 28.3 Å². The highest BCUT2D eigenvalue weighted by Crippen LogP contribution is 2.20. The summed E-state index contributed by atoms with van der Waals surface area (Å²) in [5.74, 6) is -2.11. The van der Waals surface area contributed by atoms with Gasteiger partial charge in [0.05, 0.1) is 0 Å². The van der Waals surface area contributed by atoms with E-state index in [-0.39, 0.29) is 12.2 Å². The number of tetrazole rings is 1. The van der Waals surface area contributed by atoms with Crippen molar-refractivity contribution in [1.82, 2.24) is 25.9 Å². The van der Waals surface area contributed by atoms with Gasteiger partial charge < -0.3 is 15.5 Å². The van der Waals surface area contributed by atoms with Crippen LogP contribution in [0.15, 0.2) is 54.6 Å². The molecule has 1 amide bonds. The Morgan fingerprint density at radius 3 is 2.32 bits per heavy atom. The molecular formula is C19H19N5O4. The summed E-state index contributed by atoms with van der Waals surface area (Å²) in [6, 6.07) is 17.0. The van der Waals surface area contributed by atoms with Gasteiger partial charge in [0.2, 0.25) is 0 Å². The number of hydrogen-bond acceptors (Lipinski definition) is 6. The maximum atomic E-state index is 12.2. The smallest absolute Gasteiger partial charge is 0.332 e. The second-order valence-electron chi connectivity index (χ2n) is 6.26. The molecule has 3 aromatic rings. The van der Waals surface area contributed by atoms with Gasteiger partial charge in [-0.25, -0.2) is 4.79 Å². The van der Waals surface area contributed by atoms with Crippen molar-refractivity contribution in [3.63, 3.8) is 0 Å². The van der Waals surface area contributed by atoms with Crippen LogP contribution in [0.2, 0.25) is 0 Å². The lowest BCUT2D eigenvalue weighted by Crippen LogP contribution is -2.41. The third-order valence-corrected chi connectivity index (χ3v) is 4.22. The van der Waals surface area contributed by atoms with Crippen molar-refractivity contribution in [3.8, 4) is 11.1 Å². The fourth-order valence-corrected chi connectivity index (χ4v) is 2.82. The Hall–Kier alpha value is -3.59. The van der Waals surface area contributed by atoms with Gasteiger partial charge in [0.25, 0.3) is 11.7 Å². The van der Waals surface area contributed by atoms with Crippen molar-refractivity contribution < 1.29 is 19.8 Å². The first kappa shape index (κ1) is 19.2. The van der Waals surface area contributed by atoms with Crippen LogP contribution in [0.3, 0.4) is 0 Å². The van der Waals surface area contributed by atoms with E-state index in [0.29, 0.717) is 6.42 Å². The lowest BCUT2D eigenvalue weighted by atomic mass is 9.98. The number of benzene rings is 2. The van der Waals surface area contributed by atoms with Gasteiger partial charge in [0, 0.05) is 12.5 Å². The highest BCUT2D eigenvalue weighted by atomic mass is 16.4. The lowest BCUT2D eigenvalue weighted by Gasteiger charge is -2.19. The molecule has 1 heterocycles. The molecule has 0 saturated heterocycles. The van der Waals surface area contributed by atoms with Crippen LogP contribution in [0.25, 0.3) is 11.1 Å². The molecule has 9 nitrogen and oxygen atoms in total. The summed E-state index contributed by atoms with van der Waals surface area (Å²) in [6.45, 7) is 0. The fourth-order valence-electron chi connectivity index (χ4n) is 2.82. The molecule has 144 valence electrons. The van der Waals surface area contributed by atoms with Crippen molar-refractivity contribution >= 4 is 11.9 Å². The Balaban J connectivity index is 1.72. The zero-order chi connectivity index (χ0) is 19.9. The number of amides is 1. The van der Waals surface area contributed by atoms with Crippen molar-refractivity contribution in [1.29, 1.82) is 0 Å². The summed E-state index contributed by atoms with van der Waals surface area (Å²) in [6.07, 6.45) is -1.42. The van der Waals surface area contributed by atoms with E-state index < -0.39 is 24.0 Å². The molecule has 0 fully saturated rings. The third kappa shape index (κ3) is 4.98. The number of rotatable bonds is 8. The molecular weight excluding hydrogens is 362 g/mol. The van der Waals surface area contributed by atoms with E-state index in [1.54, 1.807) is 0 Å². The minimum atomic E-state index is -1.60. The number of carbonyl (C=O) groups excluding carboxylic acids is 1. The summed E-state index contributed by atoms with van der Waals surface area (Å²) in [7, 11) is 0. The summed E-state index contributed by atoms with van der Waals surface area (Å²) < 4.78 is 0. The monoisotopic (exact) mass is 381 g/mol. The van der Waals surface area contributed by atoms with Crippen molar-refractivity contribution in [2.24, 2.45) is 0 Å². The second-order valence-corrected chi connectivity index (χ2v) is 6.26. The molecule has 0 aliphatic carbocycles. The molecule has 28 heavy (non-hydrogen) atoms. The van der Waals surface area contributed by atoms with Crippen LogP contribution in [0.5, 0.6) is 0 Å². The average molecular weight is 381 g/mol.